The summed E-state index contributed by atoms with van der Waals surface area (Å²) in [5, 5.41) is 11.7. The molecule has 1 aromatic carbocycles. The Morgan fingerprint density at radius 2 is 2.11 bits per heavy atom. The van der Waals surface area contributed by atoms with E-state index in [1.54, 1.807) is 24.3 Å². The van der Waals surface area contributed by atoms with Gasteiger partial charge in [0.1, 0.15) is 0 Å². The molecule has 1 fully saturated rings. The van der Waals surface area contributed by atoms with Crippen molar-refractivity contribution in [2.24, 2.45) is 0 Å². The quantitative estimate of drug-likeness (QED) is 0.853. The van der Waals surface area contributed by atoms with Gasteiger partial charge in [0, 0.05) is 12.6 Å². The lowest BCUT2D eigenvalue weighted by Gasteiger charge is -2.23. The molecular formula is C13H17N3O2S. The first-order chi connectivity index (χ1) is 9.12. The summed E-state index contributed by atoms with van der Waals surface area (Å²) in [6.45, 7) is 1.62. The average molecular weight is 279 g/mol. The lowest BCUT2D eigenvalue weighted by atomic mass is 10.1. The molecule has 0 amide bonds. The highest BCUT2D eigenvalue weighted by Gasteiger charge is 2.21. The molecular weight excluding hydrogens is 262 g/mol. The Balaban J connectivity index is 2.08. The molecule has 2 N–H and O–H groups in total. The first kappa shape index (κ1) is 14.0. The molecule has 2 rings (SSSR count). The lowest BCUT2D eigenvalue weighted by Crippen LogP contribution is -2.45. The first-order valence-electron chi connectivity index (χ1n) is 6.31. The van der Waals surface area contributed by atoms with E-state index in [0.717, 1.165) is 24.9 Å². The van der Waals surface area contributed by atoms with Gasteiger partial charge >= 0.3 is 0 Å². The van der Waals surface area contributed by atoms with Crippen molar-refractivity contribution in [1.29, 1.82) is 5.26 Å². The highest BCUT2D eigenvalue weighted by molar-refractivity contribution is 7.89. The van der Waals surface area contributed by atoms with Crippen molar-refractivity contribution in [2.45, 2.75) is 30.2 Å². The summed E-state index contributed by atoms with van der Waals surface area (Å²) in [6, 6.07) is 8.44. The Morgan fingerprint density at radius 1 is 1.37 bits per heavy atom. The van der Waals surface area contributed by atoms with Crippen LogP contribution in [0, 0.1) is 11.3 Å². The summed E-state index contributed by atoms with van der Waals surface area (Å²) in [7, 11) is -3.46. The van der Waals surface area contributed by atoms with E-state index in [9.17, 15) is 8.42 Å². The number of nitrogens with zero attached hydrogens (tertiary/aromatic N) is 1. The van der Waals surface area contributed by atoms with Crippen molar-refractivity contribution in [3.05, 3.63) is 29.8 Å². The number of hydrogen-bond acceptors (Lipinski definition) is 4. The van der Waals surface area contributed by atoms with Gasteiger partial charge in [0.2, 0.25) is 10.0 Å². The number of rotatable bonds is 4. The minimum absolute atomic E-state index is 0.0439. The first-order valence-corrected chi connectivity index (χ1v) is 7.79. The van der Waals surface area contributed by atoms with E-state index in [1.807, 2.05) is 6.07 Å². The molecule has 0 spiro atoms. The SMILES string of the molecule is N#CCc1ccc(S(=O)(=O)N[C@H]2CCCNC2)cc1. The molecule has 19 heavy (non-hydrogen) atoms. The van der Waals surface area contributed by atoms with E-state index in [4.69, 9.17) is 5.26 Å². The fourth-order valence-corrected chi connectivity index (χ4v) is 3.39. The summed E-state index contributed by atoms with van der Waals surface area (Å²) in [6.07, 6.45) is 2.13. The summed E-state index contributed by atoms with van der Waals surface area (Å²) in [5.41, 5.74) is 0.820. The van der Waals surface area contributed by atoms with Gasteiger partial charge in [-0.3, -0.25) is 0 Å². The molecule has 0 aliphatic carbocycles. The third-order valence-electron chi connectivity index (χ3n) is 3.14. The molecule has 1 aliphatic rings. The Kier molecular flexibility index (Phi) is 4.53. The number of piperidine rings is 1. The maximum atomic E-state index is 12.2. The molecule has 0 saturated carbocycles. The van der Waals surface area contributed by atoms with Crippen molar-refractivity contribution in [2.75, 3.05) is 13.1 Å². The number of sulfonamides is 1. The van der Waals surface area contributed by atoms with Gasteiger partial charge in [-0.25, -0.2) is 13.1 Å². The van der Waals surface area contributed by atoms with Gasteiger partial charge in [0.25, 0.3) is 0 Å². The van der Waals surface area contributed by atoms with Crippen LogP contribution in [0.1, 0.15) is 18.4 Å². The fourth-order valence-electron chi connectivity index (χ4n) is 2.12. The van der Waals surface area contributed by atoms with Crippen LogP contribution in [0.3, 0.4) is 0 Å². The van der Waals surface area contributed by atoms with Crippen LogP contribution in [0.2, 0.25) is 0 Å². The number of nitriles is 1. The number of hydrogen-bond donors (Lipinski definition) is 2. The van der Waals surface area contributed by atoms with Crippen molar-refractivity contribution < 1.29 is 8.42 Å². The topological polar surface area (TPSA) is 82.0 Å². The third kappa shape index (κ3) is 3.77. The maximum Gasteiger partial charge on any atom is 0.240 e. The van der Waals surface area contributed by atoms with Gasteiger partial charge < -0.3 is 5.32 Å². The van der Waals surface area contributed by atoms with E-state index in [2.05, 4.69) is 10.0 Å². The van der Waals surface area contributed by atoms with Crippen molar-refractivity contribution in [1.82, 2.24) is 10.0 Å². The Bertz CT molecular complexity index is 555. The van der Waals surface area contributed by atoms with Crippen LogP contribution in [-0.4, -0.2) is 27.5 Å². The molecule has 0 bridgehead atoms. The molecule has 0 radical (unpaired) electrons. The van der Waals surface area contributed by atoms with Crippen LogP contribution in [0.25, 0.3) is 0 Å². The molecule has 0 aromatic heterocycles. The van der Waals surface area contributed by atoms with Gasteiger partial charge in [-0.15, -0.1) is 0 Å². The smallest absolute Gasteiger partial charge is 0.240 e. The highest BCUT2D eigenvalue weighted by Crippen LogP contribution is 2.13. The molecule has 0 unspecified atom stereocenters. The van der Waals surface area contributed by atoms with Crippen molar-refractivity contribution in [3.63, 3.8) is 0 Å². The second kappa shape index (κ2) is 6.15. The van der Waals surface area contributed by atoms with Crippen molar-refractivity contribution in [3.8, 4) is 6.07 Å². The van der Waals surface area contributed by atoms with Gasteiger partial charge in [0.05, 0.1) is 17.4 Å². The zero-order chi connectivity index (χ0) is 13.7. The van der Waals surface area contributed by atoms with Crippen LogP contribution < -0.4 is 10.0 Å². The third-order valence-corrected chi connectivity index (χ3v) is 4.67. The Labute approximate surface area is 113 Å². The second-order valence-electron chi connectivity index (χ2n) is 4.64. The maximum absolute atomic E-state index is 12.2. The molecule has 102 valence electrons. The normalized spacial score (nSPS) is 19.8. The van der Waals surface area contributed by atoms with Crippen LogP contribution in [0.15, 0.2) is 29.2 Å². The zero-order valence-corrected chi connectivity index (χ0v) is 11.4. The molecule has 5 nitrogen and oxygen atoms in total. The highest BCUT2D eigenvalue weighted by atomic mass is 32.2. The Morgan fingerprint density at radius 3 is 2.68 bits per heavy atom. The van der Waals surface area contributed by atoms with Crippen LogP contribution in [-0.2, 0) is 16.4 Å². The van der Waals surface area contributed by atoms with E-state index in [-0.39, 0.29) is 10.9 Å². The lowest BCUT2D eigenvalue weighted by molar-refractivity contribution is 0.428. The largest absolute Gasteiger partial charge is 0.315 e. The molecule has 1 atom stereocenters. The van der Waals surface area contributed by atoms with E-state index in [1.165, 1.54) is 0 Å². The van der Waals surface area contributed by atoms with E-state index >= 15 is 0 Å². The summed E-state index contributed by atoms with van der Waals surface area (Å²) >= 11 is 0. The summed E-state index contributed by atoms with van der Waals surface area (Å²) in [5.74, 6) is 0. The predicted octanol–water partition coefficient (Wildman–Crippen LogP) is 0.783. The molecule has 1 aliphatic heterocycles. The number of nitrogens with one attached hydrogen (secondary N) is 2. The van der Waals surface area contributed by atoms with Gasteiger partial charge in [-0.1, -0.05) is 12.1 Å². The molecule has 1 saturated heterocycles. The Hall–Kier alpha value is -1.42. The molecule has 6 heteroatoms. The zero-order valence-electron chi connectivity index (χ0n) is 10.6. The van der Waals surface area contributed by atoms with Gasteiger partial charge in [-0.2, -0.15) is 5.26 Å². The molecule has 1 heterocycles. The van der Waals surface area contributed by atoms with Crippen molar-refractivity contribution >= 4 is 10.0 Å². The van der Waals surface area contributed by atoms with Crippen LogP contribution >= 0.6 is 0 Å². The van der Waals surface area contributed by atoms with Gasteiger partial charge in [0.15, 0.2) is 0 Å². The minimum Gasteiger partial charge on any atom is -0.315 e. The fraction of sp³-hybridized carbons (Fsp3) is 0.462. The van der Waals surface area contributed by atoms with Crippen LogP contribution in [0.5, 0.6) is 0 Å². The van der Waals surface area contributed by atoms with E-state index < -0.39 is 10.0 Å². The standard InChI is InChI=1S/C13H17N3O2S/c14-8-7-11-3-5-13(6-4-11)19(17,18)16-12-2-1-9-15-10-12/h3-6,12,15-16H,1-2,7,9-10H2/t12-/m0/s1. The monoisotopic (exact) mass is 279 g/mol. The second-order valence-corrected chi connectivity index (χ2v) is 6.36. The number of benzene rings is 1. The summed E-state index contributed by atoms with van der Waals surface area (Å²) in [4.78, 5) is 0.250. The van der Waals surface area contributed by atoms with Crippen LogP contribution in [0.4, 0.5) is 0 Å². The predicted molar refractivity (Wildman–Crippen MR) is 72.0 cm³/mol. The van der Waals surface area contributed by atoms with Gasteiger partial charge in [-0.05, 0) is 37.1 Å². The molecule has 1 aromatic rings. The van der Waals surface area contributed by atoms with E-state index in [0.29, 0.717) is 13.0 Å². The average Bonchev–Trinajstić information content (AvgIpc) is 2.40. The summed E-state index contributed by atoms with van der Waals surface area (Å²) < 4.78 is 27.0. The minimum atomic E-state index is -3.46.